The minimum absolute atomic E-state index is 0.284. The van der Waals surface area contributed by atoms with Crippen molar-refractivity contribution in [1.29, 1.82) is 0 Å². The van der Waals surface area contributed by atoms with E-state index in [0.29, 0.717) is 0 Å². The van der Waals surface area contributed by atoms with Gasteiger partial charge in [0.25, 0.3) is 5.91 Å². The van der Waals surface area contributed by atoms with Crippen molar-refractivity contribution < 1.29 is 13.6 Å². The van der Waals surface area contributed by atoms with Gasteiger partial charge in [-0.2, -0.15) is 8.78 Å². The SMILES string of the molecule is NC(=O)C(F)(F)Cc1cccnc1. The van der Waals surface area contributed by atoms with Gasteiger partial charge in [0.1, 0.15) is 0 Å². The lowest BCUT2D eigenvalue weighted by Crippen LogP contribution is -2.37. The highest BCUT2D eigenvalue weighted by molar-refractivity contribution is 5.81. The van der Waals surface area contributed by atoms with E-state index >= 15 is 0 Å². The fraction of sp³-hybridized carbons (Fsp3) is 0.250. The van der Waals surface area contributed by atoms with Crippen LogP contribution in [0.5, 0.6) is 0 Å². The standard InChI is InChI=1S/C8H8F2N2O/c9-8(10,7(11)13)4-6-2-1-3-12-5-6/h1-3,5H,4H2,(H2,11,13). The summed E-state index contributed by atoms with van der Waals surface area (Å²) < 4.78 is 25.5. The molecule has 1 aromatic heterocycles. The molecule has 0 radical (unpaired) electrons. The van der Waals surface area contributed by atoms with E-state index in [1.54, 1.807) is 0 Å². The second-order valence-electron chi connectivity index (χ2n) is 2.61. The van der Waals surface area contributed by atoms with E-state index in [1.165, 1.54) is 24.5 Å². The number of amides is 1. The Balaban J connectivity index is 2.75. The Bertz CT molecular complexity index is 300. The zero-order chi connectivity index (χ0) is 9.90. The molecule has 1 amide bonds. The van der Waals surface area contributed by atoms with Gasteiger partial charge in [-0.15, -0.1) is 0 Å². The van der Waals surface area contributed by atoms with E-state index < -0.39 is 18.3 Å². The van der Waals surface area contributed by atoms with Crippen molar-refractivity contribution in [1.82, 2.24) is 4.98 Å². The topological polar surface area (TPSA) is 56.0 Å². The van der Waals surface area contributed by atoms with Crippen LogP contribution in [0.25, 0.3) is 0 Å². The molecular weight excluding hydrogens is 178 g/mol. The molecule has 0 saturated heterocycles. The highest BCUT2D eigenvalue weighted by Gasteiger charge is 2.36. The van der Waals surface area contributed by atoms with Crippen LogP contribution in [-0.4, -0.2) is 16.8 Å². The summed E-state index contributed by atoms with van der Waals surface area (Å²) in [6.07, 6.45) is 2.04. The van der Waals surface area contributed by atoms with Crippen LogP contribution in [-0.2, 0) is 11.2 Å². The highest BCUT2D eigenvalue weighted by atomic mass is 19.3. The quantitative estimate of drug-likeness (QED) is 0.757. The van der Waals surface area contributed by atoms with Gasteiger partial charge in [0.2, 0.25) is 0 Å². The Morgan fingerprint density at radius 3 is 2.77 bits per heavy atom. The summed E-state index contributed by atoms with van der Waals surface area (Å²) in [5.41, 5.74) is 4.79. The largest absolute Gasteiger partial charge is 0.364 e. The number of primary amides is 1. The van der Waals surface area contributed by atoms with Gasteiger partial charge < -0.3 is 5.73 Å². The van der Waals surface area contributed by atoms with Crippen LogP contribution in [0.2, 0.25) is 0 Å². The van der Waals surface area contributed by atoms with Crippen molar-refractivity contribution >= 4 is 5.91 Å². The average molecular weight is 186 g/mol. The van der Waals surface area contributed by atoms with E-state index in [-0.39, 0.29) is 5.56 Å². The first-order valence-corrected chi connectivity index (χ1v) is 3.59. The molecule has 0 aliphatic carbocycles. The number of rotatable bonds is 3. The number of carbonyl (C=O) groups is 1. The Morgan fingerprint density at radius 1 is 1.62 bits per heavy atom. The Labute approximate surface area is 73.6 Å². The molecule has 1 rings (SSSR count). The highest BCUT2D eigenvalue weighted by Crippen LogP contribution is 2.18. The lowest BCUT2D eigenvalue weighted by atomic mass is 10.1. The minimum atomic E-state index is -3.50. The first kappa shape index (κ1) is 9.57. The van der Waals surface area contributed by atoms with Gasteiger partial charge in [-0.1, -0.05) is 6.07 Å². The van der Waals surface area contributed by atoms with Crippen LogP contribution in [0.3, 0.4) is 0 Å². The second-order valence-corrected chi connectivity index (χ2v) is 2.61. The van der Waals surface area contributed by atoms with Crippen molar-refractivity contribution in [2.75, 3.05) is 0 Å². The molecule has 0 spiro atoms. The lowest BCUT2D eigenvalue weighted by Gasteiger charge is -2.10. The summed E-state index contributed by atoms with van der Waals surface area (Å²) in [6, 6.07) is 2.98. The number of carbonyl (C=O) groups excluding carboxylic acids is 1. The molecule has 0 atom stereocenters. The van der Waals surface area contributed by atoms with E-state index in [0.717, 1.165) is 0 Å². The lowest BCUT2D eigenvalue weighted by molar-refractivity contribution is -0.141. The van der Waals surface area contributed by atoms with Crippen molar-refractivity contribution in [3.05, 3.63) is 30.1 Å². The minimum Gasteiger partial charge on any atom is -0.364 e. The Kier molecular flexibility index (Phi) is 2.55. The number of aromatic nitrogens is 1. The summed E-state index contributed by atoms with van der Waals surface area (Å²) in [6.45, 7) is 0. The molecule has 0 aliphatic rings. The second kappa shape index (κ2) is 3.47. The molecule has 0 bridgehead atoms. The van der Waals surface area contributed by atoms with Crippen molar-refractivity contribution in [2.45, 2.75) is 12.3 Å². The predicted octanol–water partition coefficient (Wildman–Crippen LogP) is 0.745. The predicted molar refractivity (Wildman–Crippen MR) is 42.1 cm³/mol. The van der Waals surface area contributed by atoms with Gasteiger partial charge >= 0.3 is 5.92 Å². The molecule has 0 unspecified atom stereocenters. The number of hydrogen-bond acceptors (Lipinski definition) is 2. The van der Waals surface area contributed by atoms with Crippen LogP contribution in [0.4, 0.5) is 8.78 Å². The molecule has 3 nitrogen and oxygen atoms in total. The number of pyridine rings is 1. The maximum atomic E-state index is 12.7. The van der Waals surface area contributed by atoms with Crippen molar-refractivity contribution in [2.24, 2.45) is 5.73 Å². The Morgan fingerprint density at radius 2 is 2.31 bits per heavy atom. The third-order valence-electron chi connectivity index (χ3n) is 1.51. The molecule has 1 heterocycles. The van der Waals surface area contributed by atoms with Crippen LogP contribution < -0.4 is 5.73 Å². The first-order chi connectivity index (χ1) is 6.02. The molecule has 0 fully saturated rings. The van der Waals surface area contributed by atoms with E-state index in [4.69, 9.17) is 0 Å². The first-order valence-electron chi connectivity index (χ1n) is 3.59. The van der Waals surface area contributed by atoms with Gasteiger partial charge in [-0.25, -0.2) is 0 Å². The number of alkyl halides is 2. The van der Waals surface area contributed by atoms with Crippen LogP contribution >= 0.6 is 0 Å². The van der Waals surface area contributed by atoms with Gasteiger partial charge in [-0.05, 0) is 11.6 Å². The van der Waals surface area contributed by atoms with E-state index in [1.807, 2.05) is 0 Å². The molecule has 5 heteroatoms. The van der Waals surface area contributed by atoms with Crippen LogP contribution in [0.1, 0.15) is 5.56 Å². The summed E-state index contributed by atoms with van der Waals surface area (Å²) in [5.74, 6) is -5.11. The number of nitrogens with two attached hydrogens (primary N) is 1. The van der Waals surface area contributed by atoms with Gasteiger partial charge in [0.05, 0.1) is 0 Å². The molecule has 2 N–H and O–H groups in total. The summed E-state index contributed by atoms with van der Waals surface area (Å²) in [5, 5.41) is 0. The molecule has 0 aliphatic heterocycles. The zero-order valence-corrected chi connectivity index (χ0v) is 6.71. The summed E-state index contributed by atoms with van der Waals surface area (Å²) in [7, 11) is 0. The van der Waals surface area contributed by atoms with Gasteiger partial charge in [-0.3, -0.25) is 9.78 Å². The van der Waals surface area contributed by atoms with Gasteiger partial charge in [0, 0.05) is 18.8 Å². The maximum Gasteiger partial charge on any atom is 0.328 e. The third kappa shape index (κ3) is 2.47. The number of hydrogen-bond donors (Lipinski definition) is 1. The average Bonchev–Trinajstić information content (AvgIpc) is 2.05. The number of nitrogens with zero attached hydrogens (tertiary/aromatic N) is 1. The Hall–Kier alpha value is -1.52. The fourth-order valence-electron chi connectivity index (χ4n) is 0.846. The molecule has 0 saturated carbocycles. The third-order valence-corrected chi connectivity index (χ3v) is 1.51. The smallest absolute Gasteiger partial charge is 0.328 e. The maximum absolute atomic E-state index is 12.7. The molecule has 1 aromatic rings. The number of halogens is 2. The van der Waals surface area contributed by atoms with Crippen LogP contribution in [0.15, 0.2) is 24.5 Å². The van der Waals surface area contributed by atoms with Crippen molar-refractivity contribution in [3.8, 4) is 0 Å². The summed E-state index contributed by atoms with van der Waals surface area (Å²) >= 11 is 0. The molecular formula is C8H8F2N2O. The van der Waals surface area contributed by atoms with Gasteiger partial charge in [0.15, 0.2) is 0 Å². The zero-order valence-electron chi connectivity index (χ0n) is 6.71. The molecule has 0 aromatic carbocycles. The monoisotopic (exact) mass is 186 g/mol. The molecule has 13 heavy (non-hydrogen) atoms. The molecule has 70 valence electrons. The van der Waals surface area contributed by atoms with Crippen LogP contribution in [0, 0.1) is 0 Å². The van der Waals surface area contributed by atoms with E-state index in [9.17, 15) is 13.6 Å². The fourth-order valence-corrected chi connectivity index (χ4v) is 0.846. The van der Waals surface area contributed by atoms with Crippen molar-refractivity contribution in [3.63, 3.8) is 0 Å². The summed E-state index contributed by atoms with van der Waals surface area (Å²) in [4.78, 5) is 13.9. The normalized spacial score (nSPS) is 11.2. The van der Waals surface area contributed by atoms with E-state index in [2.05, 4.69) is 10.7 Å².